The molecule has 3 rings (SSSR count). The Bertz CT molecular complexity index is 879. The lowest BCUT2D eigenvalue weighted by Crippen LogP contribution is -2.42. The van der Waals surface area contributed by atoms with Crippen LogP contribution in [0.15, 0.2) is 46.9 Å². The maximum Gasteiger partial charge on any atom is 0.255 e. The third-order valence-electron chi connectivity index (χ3n) is 4.46. The van der Waals surface area contributed by atoms with E-state index in [2.05, 4.69) is 21.2 Å². The number of fused-ring (bicyclic) bond motifs is 1. The average Bonchev–Trinajstić information content (AvgIpc) is 2.72. The highest BCUT2D eigenvalue weighted by atomic mass is 79.9. The topological polar surface area (TPSA) is 58.6 Å². The molecule has 1 aliphatic heterocycles. The molecule has 0 radical (unpaired) electrons. The summed E-state index contributed by atoms with van der Waals surface area (Å²) in [6.07, 6.45) is 0.850. The van der Waals surface area contributed by atoms with Crippen molar-refractivity contribution in [1.29, 1.82) is 0 Å². The number of benzene rings is 2. The van der Waals surface area contributed by atoms with E-state index in [1.165, 1.54) is 0 Å². The summed E-state index contributed by atoms with van der Waals surface area (Å²) in [5, 5.41) is 2.89. The Morgan fingerprint density at radius 3 is 2.74 bits per heavy atom. The minimum atomic E-state index is -0.603. The molecule has 2 aromatic carbocycles. The maximum absolute atomic E-state index is 12.9. The lowest BCUT2D eigenvalue weighted by Gasteiger charge is -2.27. The highest BCUT2D eigenvalue weighted by Gasteiger charge is 2.37. The number of carbonyl (C=O) groups is 2. The first kappa shape index (κ1) is 19.4. The van der Waals surface area contributed by atoms with Gasteiger partial charge in [0, 0.05) is 28.3 Å². The molecule has 5 nitrogen and oxygen atoms in total. The second-order valence-electron chi connectivity index (χ2n) is 7.28. The standard InChI is InChI=1S/C21H23BrN2O3/c1-4-10-24-17-9-8-16(12-18(17)27-13-21(2,3)20(24)26)23-19(25)14-6-5-7-15(22)11-14/h5-9,11-12H,4,10,13H2,1-3H3,(H,23,25). The number of nitrogens with one attached hydrogen (secondary N) is 1. The molecule has 0 unspecified atom stereocenters. The zero-order valence-corrected chi connectivity index (χ0v) is 17.3. The molecule has 0 bridgehead atoms. The van der Waals surface area contributed by atoms with Crippen LogP contribution in [0, 0.1) is 5.41 Å². The van der Waals surface area contributed by atoms with Gasteiger partial charge < -0.3 is 15.0 Å². The van der Waals surface area contributed by atoms with Crippen molar-refractivity contribution >= 4 is 39.1 Å². The molecule has 0 spiro atoms. The number of anilines is 2. The predicted octanol–water partition coefficient (Wildman–Crippen LogP) is 4.86. The number of hydrogen-bond donors (Lipinski definition) is 1. The van der Waals surface area contributed by atoms with Crippen LogP contribution in [0.2, 0.25) is 0 Å². The fourth-order valence-corrected chi connectivity index (χ4v) is 3.40. The van der Waals surface area contributed by atoms with Crippen molar-refractivity contribution < 1.29 is 14.3 Å². The smallest absolute Gasteiger partial charge is 0.255 e. The SMILES string of the molecule is CCCN1C(=O)C(C)(C)COc2cc(NC(=O)c3cccc(Br)c3)ccc21. The van der Waals surface area contributed by atoms with Gasteiger partial charge in [0.2, 0.25) is 5.91 Å². The summed E-state index contributed by atoms with van der Waals surface area (Å²) in [5.74, 6) is 0.454. The van der Waals surface area contributed by atoms with Gasteiger partial charge in [-0.3, -0.25) is 9.59 Å². The molecule has 0 fully saturated rings. The van der Waals surface area contributed by atoms with Gasteiger partial charge in [-0.15, -0.1) is 0 Å². The number of amides is 2. The average molecular weight is 431 g/mol. The molecule has 0 aliphatic carbocycles. The molecule has 0 aromatic heterocycles. The van der Waals surface area contributed by atoms with Crippen LogP contribution in [-0.2, 0) is 4.79 Å². The van der Waals surface area contributed by atoms with Crippen LogP contribution in [-0.4, -0.2) is 25.0 Å². The van der Waals surface area contributed by atoms with Gasteiger partial charge in [0.05, 0.1) is 11.1 Å². The first-order valence-electron chi connectivity index (χ1n) is 8.97. The Hall–Kier alpha value is -2.34. The largest absolute Gasteiger partial charge is 0.490 e. The first-order chi connectivity index (χ1) is 12.8. The normalized spacial score (nSPS) is 15.6. The molecule has 0 saturated heterocycles. The van der Waals surface area contributed by atoms with E-state index in [9.17, 15) is 9.59 Å². The van der Waals surface area contributed by atoms with Crippen molar-refractivity contribution in [2.24, 2.45) is 5.41 Å². The van der Waals surface area contributed by atoms with E-state index >= 15 is 0 Å². The predicted molar refractivity (Wildman–Crippen MR) is 110 cm³/mol. The highest BCUT2D eigenvalue weighted by Crippen LogP contribution is 2.38. The Kier molecular flexibility index (Phi) is 5.56. The number of hydrogen-bond acceptors (Lipinski definition) is 3. The summed E-state index contributed by atoms with van der Waals surface area (Å²) >= 11 is 3.37. The van der Waals surface area contributed by atoms with Crippen LogP contribution in [0.3, 0.4) is 0 Å². The summed E-state index contributed by atoms with van der Waals surface area (Å²) in [7, 11) is 0. The zero-order valence-electron chi connectivity index (χ0n) is 15.7. The molecule has 0 atom stereocenters. The Morgan fingerprint density at radius 2 is 2.04 bits per heavy atom. The van der Waals surface area contributed by atoms with Crippen molar-refractivity contribution in [3.63, 3.8) is 0 Å². The van der Waals surface area contributed by atoms with E-state index in [1.54, 1.807) is 29.2 Å². The lowest BCUT2D eigenvalue weighted by molar-refractivity contribution is -0.127. The minimum absolute atomic E-state index is 0.0500. The zero-order chi connectivity index (χ0) is 19.6. The van der Waals surface area contributed by atoms with Crippen molar-refractivity contribution in [3.05, 3.63) is 52.5 Å². The molecule has 6 heteroatoms. The number of carbonyl (C=O) groups excluding carboxylic acids is 2. The van der Waals surface area contributed by atoms with Crippen molar-refractivity contribution in [2.75, 3.05) is 23.4 Å². The monoisotopic (exact) mass is 430 g/mol. The number of halogens is 1. The van der Waals surface area contributed by atoms with Crippen LogP contribution < -0.4 is 15.0 Å². The lowest BCUT2D eigenvalue weighted by atomic mass is 9.93. The molecule has 1 aliphatic rings. The van der Waals surface area contributed by atoms with E-state index in [0.717, 1.165) is 16.6 Å². The van der Waals surface area contributed by atoms with Crippen molar-refractivity contribution in [3.8, 4) is 5.75 Å². The molecule has 2 amide bonds. The molecular formula is C21H23BrN2O3. The van der Waals surface area contributed by atoms with E-state index < -0.39 is 5.41 Å². The van der Waals surface area contributed by atoms with Crippen LogP contribution >= 0.6 is 15.9 Å². The molecule has 1 heterocycles. The maximum atomic E-state index is 12.9. The van der Waals surface area contributed by atoms with E-state index in [0.29, 0.717) is 30.2 Å². The fraction of sp³-hybridized carbons (Fsp3) is 0.333. The number of nitrogens with zero attached hydrogens (tertiary/aromatic N) is 1. The van der Waals surface area contributed by atoms with Gasteiger partial charge in [-0.1, -0.05) is 28.9 Å². The van der Waals surface area contributed by atoms with Gasteiger partial charge in [0.25, 0.3) is 5.91 Å². The van der Waals surface area contributed by atoms with E-state index in [1.807, 2.05) is 39.0 Å². The van der Waals surface area contributed by atoms with Crippen LogP contribution in [0.1, 0.15) is 37.6 Å². The number of rotatable bonds is 4. The van der Waals surface area contributed by atoms with Gasteiger partial charge in [0.15, 0.2) is 0 Å². The van der Waals surface area contributed by atoms with Crippen LogP contribution in [0.4, 0.5) is 11.4 Å². The van der Waals surface area contributed by atoms with Gasteiger partial charge in [-0.2, -0.15) is 0 Å². The fourth-order valence-electron chi connectivity index (χ4n) is 3.00. The summed E-state index contributed by atoms with van der Waals surface area (Å²) in [6.45, 7) is 6.74. The van der Waals surface area contributed by atoms with Gasteiger partial charge in [-0.05, 0) is 50.6 Å². The summed E-state index contributed by atoms with van der Waals surface area (Å²) in [5.41, 5.74) is 1.33. The third-order valence-corrected chi connectivity index (χ3v) is 4.95. The number of ether oxygens (including phenoxy) is 1. The third kappa shape index (κ3) is 4.16. The quantitative estimate of drug-likeness (QED) is 0.752. The first-order valence-corrected chi connectivity index (χ1v) is 9.77. The molecule has 1 N–H and O–H groups in total. The molecule has 0 saturated carbocycles. The van der Waals surface area contributed by atoms with E-state index in [-0.39, 0.29) is 11.8 Å². The molecule has 27 heavy (non-hydrogen) atoms. The van der Waals surface area contributed by atoms with Gasteiger partial charge >= 0.3 is 0 Å². The molecular weight excluding hydrogens is 408 g/mol. The van der Waals surface area contributed by atoms with Crippen molar-refractivity contribution in [2.45, 2.75) is 27.2 Å². The Morgan fingerprint density at radius 1 is 1.26 bits per heavy atom. The van der Waals surface area contributed by atoms with Gasteiger partial charge in [0.1, 0.15) is 12.4 Å². The Balaban J connectivity index is 1.89. The van der Waals surface area contributed by atoms with Gasteiger partial charge in [-0.25, -0.2) is 0 Å². The minimum Gasteiger partial charge on any atom is -0.490 e. The summed E-state index contributed by atoms with van der Waals surface area (Å²) in [4.78, 5) is 27.1. The van der Waals surface area contributed by atoms with Crippen molar-refractivity contribution in [1.82, 2.24) is 0 Å². The molecule has 142 valence electrons. The Labute approximate surface area is 167 Å². The summed E-state index contributed by atoms with van der Waals surface area (Å²) < 4.78 is 6.78. The summed E-state index contributed by atoms with van der Waals surface area (Å²) in [6, 6.07) is 12.6. The second-order valence-corrected chi connectivity index (χ2v) is 8.19. The van der Waals surface area contributed by atoms with Crippen LogP contribution in [0.5, 0.6) is 5.75 Å². The highest BCUT2D eigenvalue weighted by molar-refractivity contribution is 9.10. The van der Waals surface area contributed by atoms with E-state index in [4.69, 9.17) is 4.74 Å². The molecule has 2 aromatic rings. The van der Waals surface area contributed by atoms with Crippen LogP contribution in [0.25, 0.3) is 0 Å². The second kappa shape index (κ2) is 7.72.